The molecule has 0 atom stereocenters. The molecule has 1 amide bonds. The zero-order valence-corrected chi connectivity index (χ0v) is 17.8. The number of halogens is 1. The van der Waals surface area contributed by atoms with Gasteiger partial charge in [-0.05, 0) is 19.3 Å². The average molecular weight is 483 g/mol. The van der Waals surface area contributed by atoms with Crippen molar-refractivity contribution in [1.29, 1.82) is 0 Å². The summed E-state index contributed by atoms with van der Waals surface area (Å²) in [7, 11) is 1.68. The number of aromatic nitrogens is 1. The van der Waals surface area contributed by atoms with Gasteiger partial charge < -0.3 is 20.0 Å². The predicted molar refractivity (Wildman–Crippen MR) is 116 cm³/mol. The maximum absolute atomic E-state index is 12.2. The van der Waals surface area contributed by atoms with Crippen LogP contribution >= 0.6 is 24.0 Å². The lowest BCUT2D eigenvalue weighted by Crippen LogP contribution is -2.45. The SMILES string of the molecule is CN=C(NCC(=O)N1CCCCC1)NCc1ncoc1-c1ccccc1.I. The fourth-order valence-electron chi connectivity index (χ4n) is 3.02. The molecule has 2 aromatic rings. The summed E-state index contributed by atoms with van der Waals surface area (Å²) in [5, 5.41) is 6.26. The molecule has 8 heteroatoms. The summed E-state index contributed by atoms with van der Waals surface area (Å²) in [5.74, 6) is 1.41. The van der Waals surface area contributed by atoms with Crippen molar-refractivity contribution in [2.75, 3.05) is 26.7 Å². The van der Waals surface area contributed by atoms with Crippen molar-refractivity contribution in [3.8, 4) is 11.3 Å². The summed E-state index contributed by atoms with van der Waals surface area (Å²) in [6.45, 7) is 2.40. The maximum atomic E-state index is 12.2. The van der Waals surface area contributed by atoms with Gasteiger partial charge in [0.05, 0.1) is 13.1 Å². The Morgan fingerprint density at radius 2 is 1.93 bits per heavy atom. The van der Waals surface area contributed by atoms with Gasteiger partial charge in [-0.25, -0.2) is 4.98 Å². The van der Waals surface area contributed by atoms with Crippen LogP contribution in [0.15, 0.2) is 46.1 Å². The minimum absolute atomic E-state index is 0. The number of carbonyl (C=O) groups is 1. The average Bonchev–Trinajstić information content (AvgIpc) is 3.18. The van der Waals surface area contributed by atoms with Crippen molar-refractivity contribution in [1.82, 2.24) is 20.5 Å². The molecule has 3 rings (SSSR count). The topological polar surface area (TPSA) is 82.8 Å². The third-order valence-electron chi connectivity index (χ3n) is 4.44. The van der Waals surface area contributed by atoms with Gasteiger partial charge in [-0.3, -0.25) is 9.79 Å². The molecule has 0 bridgehead atoms. The summed E-state index contributed by atoms with van der Waals surface area (Å²) in [6.07, 6.45) is 4.83. The Bertz CT molecular complexity index is 742. The lowest BCUT2D eigenvalue weighted by molar-refractivity contribution is -0.130. The first kappa shape index (κ1) is 21.2. The van der Waals surface area contributed by atoms with E-state index in [0.717, 1.165) is 42.9 Å². The van der Waals surface area contributed by atoms with Crippen LogP contribution in [-0.2, 0) is 11.3 Å². The molecule has 146 valence electrons. The predicted octanol–water partition coefficient (Wildman–Crippen LogP) is 2.64. The first-order chi connectivity index (χ1) is 12.8. The number of rotatable bonds is 5. The molecule has 0 aliphatic carbocycles. The first-order valence-corrected chi connectivity index (χ1v) is 8.98. The van der Waals surface area contributed by atoms with E-state index in [1.54, 1.807) is 7.05 Å². The van der Waals surface area contributed by atoms with Crippen LogP contribution in [0, 0.1) is 0 Å². The van der Waals surface area contributed by atoms with E-state index in [0.29, 0.717) is 12.5 Å². The van der Waals surface area contributed by atoms with E-state index in [-0.39, 0.29) is 36.4 Å². The lowest BCUT2D eigenvalue weighted by atomic mass is 10.1. The molecule has 1 aromatic heterocycles. The van der Waals surface area contributed by atoms with E-state index in [4.69, 9.17) is 4.42 Å². The standard InChI is InChI=1S/C19H25N5O2.HI/c1-20-19(22-13-17(25)24-10-6-3-7-11-24)21-12-16-18(26-14-23-16)15-8-4-2-5-9-15;/h2,4-5,8-9,14H,3,6-7,10-13H2,1H3,(H2,20,21,22);1H. The normalized spacial score (nSPS) is 14.4. The Hall–Kier alpha value is -2.10. The number of likely N-dealkylation sites (tertiary alicyclic amines) is 1. The molecule has 1 aliphatic heterocycles. The van der Waals surface area contributed by atoms with Crippen molar-refractivity contribution in [2.45, 2.75) is 25.8 Å². The minimum Gasteiger partial charge on any atom is -0.443 e. The van der Waals surface area contributed by atoms with Crippen LogP contribution in [0.3, 0.4) is 0 Å². The van der Waals surface area contributed by atoms with Gasteiger partial charge in [-0.2, -0.15) is 0 Å². The number of nitrogens with one attached hydrogen (secondary N) is 2. The van der Waals surface area contributed by atoms with Gasteiger partial charge in [0.1, 0.15) is 5.69 Å². The molecule has 1 aliphatic rings. The zero-order valence-electron chi connectivity index (χ0n) is 15.5. The first-order valence-electron chi connectivity index (χ1n) is 8.98. The van der Waals surface area contributed by atoms with Crippen molar-refractivity contribution < 1.29 is 9.21 Å². The number of guanidine groups is 1. The number of piperidine rings is 1. The van der Waals surface area contributed by atoms with Gasteiger partial charge in [-0.15, -0.1) is 24.0 Å². The molecule has 0 saturated carbocycles. The molecule has 1 aromatic carbocycles. The smallest absolute Gasteiger partial charge is 0.241 e. The summed E-state index contributed by atoms with van der Waals surface area (Å²) in [6, 6.07) is 9.84. The van der Waals surface area contributed by atoms with Crippen LogP contribution < -0.4 is 10.6 Å². The molecule has 0 unspecified atom stereocenters. The highest BCUT2D eigenvalue weighted by molar-refractivity contribution is 14.0. The summed E-state index contributed by atoms with van der Waals surface area (Å²) in [4.78, 5) is 22.6. The number of aliphatic imine (C=N–C) groups is 1. The van der Waals surface area contributed by atoms with E-state index >= 15 is 0 Å². The maximum Gasteiger partial charge on any atom is 0.241 e. The van der Waals surface area contributed by atoms with Crippen molar-refractivity contribution >= 4 is 35.8 Å². The van der Waals surface area contributed by atoms with E-state index < -0.39 is 0 Å². The van der Waals surface area contributed by atoms with Gasteiger partial charge in [0.15, 0.2) is 18.1 Å². The molecular weight excluding hydrogens is 457 g/mol. The summed E-state index contributed by atoms with van der Waals surface area (Å²) >= 11 is 0. The van der Waals surface area contributed by atoms with Crippen LogP contribution in [0.2, 0.25) is 0 Å². The van der Waals surface area contributed by atoms with Gasteiger partial charge in [0, 0.05) is 25.7 Å². The molecule has 1 saturated heterocycles. The van der Waals surface area contributed by atoms with Crippen LogP contribution in [0.4, 0.5) is 0 Å². The van der Waals surface area contributed by atoms with Crippen LogP contribution in [0.1, 0.15) is 25.0 Å². The number of hydrogen-bond acceptors (Lipinski definition) is 4. The van der Waals surface area contributed by atoms with E-state index in [1.807, 2.05) is 35.2 Å². The number of hydrogen-bond donors (Lipinski definition) is 2. The number of amides is 1. The van der Waals surface area contributed by atoms with E-state index in [2.05, 4.69) is 20.6 Å². The largest absolute Gasteiger partial charge is 0.443 e. The van der Waals surface area contributed by atoms with Crippen LogP contribution in [0.25, 0.3) is 11.3 Å². The molecule has 27 heavy (non-hydrogen) atoms. The second kappa shape index (κ2) is 10.9. The molecule has 2 heterocycles. The molecule has 1 fully saturated rings. The quantitative estimate of drug-likeness (QED) is 0.388. The van der Waals surface area contributed by atoms with Gasteiger partial charge in [0.25, 0.3) is 0 Å². The fourth-order valence-corrected chi connectivity index (χ4v) is 3.02. The molecule has 7 nitrogen and oxygen atoms in total. The van der Waals surface area contributed by atoms with Crippen molar-refractivity contribution in [3.05, 3.63) is 42.4 Å². The van der Waals surface area contributed by atoms with Gasteiger partial charge in [-0.1, -0.05) is 30.3 Å². The third-order valence-corrected chi connectivity index (χ3v) is 4.44. The number of benzene rings is 1. The second-order valence-electron chi connectivity index (χ2n) is 6.21. The lowest BCUT2D eigenvalue weighted by Gasteiger charge is -2.27. The van der Waals surface area contributed by atoms with Gasteiger partial charge in [0.2, 0.25) is 5.91 Å². The second-order valence-corrected chi connectivity index (χ2v) is 6.21. The van der Waals surface area contributed by atoms with Crippen LogP contribution in [0.5, 0.6) is 0 Å². The summed E-state index contributed by atoms with van der Waals surface area (Å²) in [5.41, 5.74) is 1.77. The Morgan fingerprint density at radius 1 is 1.19 bits per heavy atom. The number of carbonyl (C=O) groups excluding carboxylic acids is 1. The van der Waals surface area contributed by atoms with Crippen molar-refractivity contribution in [3.63, 3.8) is 0 Å². The number of oxazole rings is 1. The Morgan fingerprint density at radius 3 is 2.63 bits per heavy atom. The monoisotopic (exact) mass is 483 g/mol. The minimum atomic E-state index is 0. The van der Waals surface area contributed by atoms with Gasteiger partial charge >= 0.3 is 0 Å². The Balaban J connectivity index is 0.00000261. The fraction of sp³-hybridized carbons (Fsp3) is 0.421. The molecular formula is C19H26IN5O2. The molecule has 0 radical (unpaired) electrons. The summed E-state index contributed by atoms with van der Waals surface area (Å²) < 4.78 is 5.52. The molecule has 2 N–H and O–H groups in total. The zero-order chi connectivity index (χ0) is 18.2. The van der Waals surface area contributed by atoms with Crippen LogP contribution in [-0.4, -0.2) is 48.4 Å². The number of nitrogens with zero attached hydrogens (tertiary/aromatic N) is 3. The third kappa shape index (κ3) is 5.95. The van der Waals surface area contributed by atoms with E-state index in [9.17, 15) is 4.79 Å². The van der Waals surface area contributed by atoms with Crippen molar-refractivity contribution in [2.24, 2.45) is 4.99 Å². The Labute approximate surface area is 176 Å². The highest BCUT2D eigenvalue weighted by atomic mass is 127. The molecule has 0 spiro atoms. The Kier molecular flexibility index (Phi) is 8.56. The highest BCUT2D eigenvalue weighted by Gasteiger charge is 2.16. The van der Waals surface area contributed by atoms with E-state index in [1.165, 1.54) is 12.8 Å². The highest BCUT2D eigenvalue weighted by Crippen LogP contribution is 2.22.